The van der Waals surface area contributed by atoms with Gasteiger partial charge in [0.15, 0.2) is 17.2 Å². The van der Waals surface area contributed by atoms with Crippen molar-refractivity contribution in [3.8, 4) is 23.0 Å². The maximum atomic E-state index is 11.0. The molecule has 0 amide bonds. The third-order valence-electron chi connectivity index (χ3n) is 3.23. The van der Waals surface area contributed by atoms with Crippen LogP contribution >= 0.6 is 0 Å². The van der Waals surface area contributed by atoms with E-state index < -0.39 is 4.92 Å². The molecule has 122 valence electrons. The number of rotatable bonds is 7. The summed E-state index contributed by atoms with van der Waals surface area (Å²) in [4.78, 5) is 10.5. The summed E-state index contributed by atoms with van der Waals surface area (Å²) < 4.78 is 21.5. The molecule has 0 unspecified atom stereocenters. The van der Waals surface area contributed by atoms with Crippen molar-refractivity contribution in [3.63, 3.8) is 0 Å². The normalized spacial score (nSPS) is 10.0. The first kappa shape index (κ1) is 16.4. The van der Waals surface area contributed by atoms with Gasteiger partial charge in [-0.1, -0.05) is 12.1 Å². The van der Waals surface area contributed by atoms with Gasteiger partial charge in [0, 0.05) is 11.6 Å². The van der Waals surface area contributed by atoms with Crippen LogP contribution in [0.3, 0.4) is 0 Å². The SMILES string of the molecule is COc1ccc(COc2ccccc2[N+](=O)[O-])c(OC)c1OC. The van der Waals surface area contributed by atoms with Gasteiger partial charge in [0.1, 0.15) is 6.61 Å². The first-order chi connectivity index (χ1) is 11.1. The van der Waals surface area contributed by atoms with Crippen LogP contribution in [0.15, 0.2) is 36.4 Å². The molecule has 0 aliphatic rings. The first-order valence-electron chi connectivity index (χ1n) is 6.76. The molecule has 0 N–H and O–H groups in total. The Labute approximate surface area is 133 Å². The van der Waals surface area contributed by atoms with E-state index in [1.807, 2.05) is 0 Å². The molecule has 0 radical (unpaired) electrons. The standard InChI is InChI=1S/C16H17NO6/c1-20-14-9-8-11(15(21-2)16(14)22-3)10-23-13-7-5-4-6-12(13)17(18)19/h4-9H,10H2,1-3H3. The number of nitro benzene ring substituents is 1. The van der Waals surface area contributed by atoms with Crippen molar-refractivity contribution in [3.05, 3.63) is 52.1 Å². The van der Waals surface area contributed by atoms with Crippen LogP contribution < -0.4 is 18.9 Å². The van der Waals surface area contributed by atoms with Crippen molar-refractivity contribution in [2.24, 2.45) is 0 Å². The van der Waals surface area contributed by atoms with E-state index in [0.717, 1.165) is 0 Å². The van der Waals surface area contributed by atoms with Gasteiger partial charge in [-0.3, -0.25) is 10.1 Å². The number of hydrogen-bond donors (Lipinski definition) is 0. The predicted octanol–water partition coefficient (Wildman–Crippen LogP) is 3.20. The van der Waals surface area contributed by atoms with Crippen LogP contribution in [-0.4, -0.2) is 26.3 Å². The molecule has 2 aromatic carbocycles. The van der Waals surface area contributed by atoms with Gasteiger partial charge < -0.3 is 18.9 Å². The zero-order valence-corrected chi connectivity index (χ0v) is 13.1. The smallest absolute Gasteiger partial charge is 0.310 e. The fourth-order valence-corrected chi connectivity index (χ4v) is 2.16. The third-order valence-corrected chi connectivity index (χ3v) is 3.23. The van der Waals surface area contributed by atoms with Crippen LogP contribution in [0.5, 0.6) is 23.0 Å². The quantitative estimate of drug-likeness (QED) is 0.576. The lowest BCUT2D eigenvalue weighted by atomic mass is 10.1. The topological polar surface area (TPSA) is 80.1 Å². The van der Waals surface area contributed by atoms with Gasteiger partial charge in [-0.2, -0.15) is 0 Å². The second kappa shape index (κ2) is 7.35. The van der Waals surface area contributed by atoms with E-state index in [9.17, 15) is 10.1 Å². The molecule has 0 aromatic heterocycles. The molecule has 7 heteroatoms. The van der Waals surface area contributed by atoms with Crippen LogP contribution in [0.4, 0.5) is 5.69 Å². The minimum atomic E-state index is -0.485. The number of nitrogens with zero attached hydrogens (tertiary/aromatic N) is 1. The number of benzene rings is 2. The van der Waals surface area contributed by atoms with E-state index >= 15 is 0 Å². The molecule has 2 aromatic rings. The highest BCUT2D eigenvalue weighted by Crippen LogP contribution is 2.40. The summed E-state index contributed by atoms with van der Waals surface area (Å²) in [6, 6.07) is 9.68. The van der Waals surface area contributed by atoms with E-state index in [1.54, 1.807) is 30.3 Å². The van der Waals surface area contributed by atoms with E-state index in [-0.39, 0.29) is 18.0 Å². The van der Waals surface area contributed by atoms with Gasteiger partial charge >= 0.3 is 5.69 Å². The molecule has 2 rings (SSSR count). The fourth-order valence-electron chi connectivity index (χ4n) is 2.16. The summed E-state index contributed by atoms with van der Waals surface area (Å²) >= 11 is 0. The van der Waals surface area contributed by atoms with Crippen LogP contribution in [0.2, 0.25) is 0 Å². The lowest BCUT2D eigenvalue weighted by Crippen LogP contribution is -2.03. The Kier molecular flexibility index (Phi) is 5.24. The number of hydrogen-bond acceptors (Lipinski definition) is 6. The highest BCUT2D eigenvalue weighted by Gasteiger charge is 2.18. The first-order valence-corrected chi connectivity index (χ1v) is 6.76. The third kappa shape index (κ3) is 3.45. The van der Waals surface area contributed by atoms with Crippen molar-refractivity contribution in [1.82, 2.24) is 0 Å². The van der Waals surface area contributed by atoms with Crippen LogP contribution in [0.25, 0.3) is 0 Å². The molecule has 0 fully saturated rings. The Balaban J connectivity index is 2.29. The van der Waals surface area contributed by atoms with Crippen molar-refractivity contribution in [2.45, 2.75) is 6.61 Å². The van der Waals surface area contributed by atoms with Crippen LogP contribution in [0.1, 0.15) is 5.56 Å². The average Bonchev–Trinajstić information content (AvgIpc) is 2.58. The Morgan fingerprint density at radius 1 is 0.913 bits per heavy atom. The number of para-hydroxylation sites is 2. The highest BCUT2D eigenvalue weighted by atomic mass is 16.6. The minimum absolute atomic E-state index is 0.0908. The Hall–Kier alpha value is -2.96. The molecule has 0 aliphatic heterocycles. The largest absolute Gasteiger partial charge is 0.493 e. The molecule has 7 nitrogen and oxygen atoms in total. The van der Waals surface area contributed by atoms with Gasteiger partial charge in [0.25, 0.3) is 0 Å². The van der Waals surface area contributed by atoms with Crippen molar-refractivity contribution >= 4 is 5.69 Å². The zero-order chi connectivity index (χ0) is 16.8. The summed E-state index contributed by atoms with van der Waals surface area (Å²) in [5, 5.41) is 11.0. The van der Waals surface area contributed by atoms with Crippen molar-refractivity contribution in [2.75, 3.05) is 21.3 Å². The van der Waals surface area contributed by atoms with Gasteiger partial charge in [0.2, 0.25) is 5.75 Å². The highest BCUT2D eigenvalue weighted by molar-refractivity contribution is 5.56. The fraction of sp³-hybridized carbons (Fsp3) is 0.250. The van der Waals surface area contributed by atoms with Gasteiger partial charge in [0.05, 0.1) is 26.3 Å². The van der Waals surface area contributed by atoms with E-state index in [4.69, 9.17) is 18.9 Å². The summed E-state index contributed by atoms with van der Waals surface area (Å²) in [6.45, 7) is 0.0916. The molecule has 0 bridgehead atoms. The molecule has 0 heterocycles. The van der Waals surface area contributed by atoms with Crippen molar-refractivity contribution in [1.29, 1.82) is 0 Å². The molecule has 23 heavy (non-hydrogen) atoms. The number of ether oxygens (including phenoxy) is 4. The zero-order valence-electron chi connectivity index (χ0n) is 13.1. The summed E-state index contributed by atoms with van der Waals surface area (Å²) in [5.41, 5.74) is 0.593. The lowest BCUT2D eigenvalue weighted by Gasteiger charge is -2.16. The van der Waals surface area contributed by atoms with E-state index in [1.165, 1.54) is 27.4 Å². The maximum Gasteiger partial charge on any atom is 0.310 e. The average molecular weight is 319 g/mol. The minimum Gasteiger partial charge on any atom is -0.493 e. The molecule has 0 aliphatic carbocycles. The van der Waals surface area contributed by atoms with Gasteiger partial charge in [-0.05, 0) is 18.2 Å². The predicted molar refractivity (Wildman–Crippen MR) is 83.5 cm³/mol. The van der Waals surface area contributed by atoms with Gasteiger partial charge in [-0.25, -0.2) is 0 Å². The molecule has 0 spiro atoms. The summed E-state index contributed by atoms with van der Waals surface area (Å²) in [5.74, 6) is 1.62. The van der Waals surface area contributed by atoms with Crippen LogP contribution in [-0.2, 0) is 6.61 Å². The second-order valence-corrected chi connectivity index (χ2v) is 4.51. The molecule has 0 saturated carbocycles. The van der Waals surface area contributed by atoms with Gasteiger partial charge in [-0.15, -0.1) is 0 Å². The summed E-state index contributed by atoms with van der Waals surface area (Å²) in [6.07, 6.45) is 0. The molecular weight excluding hydrogens is 302 g/mol. The Bertz CT molecular complexity index is 701. The van der Waals surface area contributed by atoms with Crippen molar-refractivity contribution < 1.29 is 23.9 Å². The number of methoxy groups -OCH3 is 3. The Morgan fingerprint density at radius 3 is 2.22 bits per heavy atom. The van der Waals surface area contributed by atoms with Crippen LogP contribution in [0, 0.1) is 10.1 Å². The lowest BCUT2D eigenvalue weighted by molar-refractivity contribution is -0.385. The monoisotopic (exact) mass is 319 g/mol. The maximum absolute atomic E-state index is 11.0. The van der Waals surface area contributed by atoms with E-state index in [0.29, 0.717) is 22.8 Å². The second-order valence-electron chi connectivity index (χ2n) is 4.51. The molecule has 0 atom stereocenters. The van der Waals surface area contributed by atoms with E-state index in [2.05, 4.69) is 0 Å². The summed E-state index contributed by atoms with van der Waals surface area (Å²) in [7, 11) is 4.54. The molecule has 0 saturated heterocycles. The Morgan fingerprint density at radius 2 is 1.61 bits per heavy atom. The molecular formula is C16H17NO6. The number of nitro groups is 1.